The summed E-state index contributed by atoms with van der Waals surface area (Å²) in [5.41, 5.74) is 5.46. The molecule has 0 radical (unpaired) electrons. The second-order valence-corrected chi connectivity index (χ2v) is 12.0. The van der Waals surface area contributed by atoms with E-state index in [1.807, 2.05) is 20.8 Å². The van der Waals surface area contributed by atoms with Crippen molar-refractivity contribution in [3.8, 4) is 11.5 Å². The van der Waals surface area contributed by atoms with Gasteiger partial charge in [0.1, 0.15) is 0 Å². The third kappa shape index (κ3) is 11.0. The SMILES string of the molecule is COCCCOc1cc(CC2CC(C(O)CC(C(=O)NCC(C)(C)C(N)=O)C(C)C)NC2C)ccc1OC(O)(O)O. The predicted molar refractivity (Wildman–Crippen MR) is 152 cm³/mol. The van der Waals surface area contributed by atoms with Gasteiger partial charge in [0.15, 0.2) is 11.5 Å². The fraction of sp³-hybridized carbons (Fsp3) is 0.724. The van der Waals surface area contributed by atoms with Crippen molar-refractivity contribution < 1.29 is 44.2 Å². The predicted octanol–water partition coefficient (Wildman–Crippen LogP) is 0.629. The number of ether oxygens (including phenoxy) is 3. The van der Waals surface area contributed by atoms with Crippen molar-refractivity contribution >= 4 is 11.8 Å². The van der Waals surface area contributed by atoms with Gasteiger partial charge in [0.2, 0.25) is 11.8 Å². The van der Waals surface area contributed by atoms with Gasteiger partial charge in [-0.2, -0.15) is 0 Å². The number of benzene rings is 1. The van der Waals surface area contributed by atoms with Gasteiger partial charge in [-0.05, 0) is 69.6 Å². The fourth-order valence-corrected chi connectivity index (χ4v) is 4.95. The van der Waals surface area contributed by atoms with Crippen LogP contribution in [-0.4, -0.2) is 83.5 Å². The second-order valence-electron chi connectivity index (χ2n) is 12.0. The lowest BCUT2D eigenvalue weighted by Gasteiger charge is -2.28. The molecule has 41 heavy (non-hydrogen) atoms. The standard InChI is InChI=1S/C29H49N3O9/c1-17(2)21(26(34)31-16-28(4,5)27(30)35)15-23(33)22-14-20(18(3)32-22)12-19-8-9-24(41-29(36,37)38)25(13-19)40-11-7-10-39-6/h8-9,13,17-18,20-23,32-33,36-38H,7,10-12,14-16H2,1-6H3,(H2,30,35)(H,31,34). The minimum absolute atomic E-state index is 0.0190. The maximum atomic E-state index is 13.0. The highest BCUT2D eigenvalue weighted by molar-refractivity contribution is 5.83. The normalized spacial score (nSPS) is 21.0. The molecule has 1 heterocycles. The molecule has 1 aromatic rings. The lowest BCUT2D eigenvalue weighted by Crippen LogP contribution is -2.46. The Bertz CT molecular complexity index is 996. The van der Waals surface area contributed by atoms with Gasteiger partial charge in [0.25, 0.3) is 0 Å². The summed E-state index contributed by atoms with van der Waals surface area (Å²) in [7, 11) is 1.58. The number of aliphatic hydroxyl groups is 4. The van der Waals surface area contributed by atoms with Crippen molar-refractivity contribution in [2.45, 2.75) is 84.6 Å². The minimum Gasteiger partial charge on any atom is -0.490 e. The zero-order valence-corrected chi connectivity index (χ0v) is 25.1. The van der Waals surface area contributed by atoms with Crippen LogP contribution in [-0.2, 0) is 20.7 Å². The molecule has 2 rings (SSSR count). The molecule has 1 aromatic carbocycles. The lowest BCUT2D eigenvalue weighted by molar-refractivity contribution is -0.419. The molecule has 12 heteroatoms. The number of nitrogens with two attached hydrogens (primary N) is 1. The van der Waals surface area contributed by atoms with Crippen molar-refractivity contribution in [2.24, 2.45) is 28.9 Å². The van der Waals surface area contributed by atoms with Crippen molar-refractivity contribution in [2.75, 3.05) is 26.9 Å². The summed E-state index contributed by atoms with van der Waals surface area (Å²) in [6, 6.07) is 4.86. The number of carbonyl (C=O) groups excluding carboxylic acids is 2. The first-order chi connectivity index (χ1) is 19.0. The Morgan fingerprint density at radius 2 is 1.85 bits per heavy atom. The third-order valence-corrected chi connectivity index (χ3v) is 7.72. The van der Waals surface area contributed by atoms with E-state index >= 15 is 0 Å². The highest BCUT2D eigenvalue weighted by Gasteiger charge is 2.37. The molecule has 1 aliphatic rings. The van der Waals surface area contributed by atoms with Gasteiger partial charge in [-0.15, -0.1) is 0 Å². The van der Waals surface area contributed by atoms with E-state index in [2.05, 4.69) is 10.6 Å². The first kappa shape index (κ1) is 34.7. The second kappa shape index (κ2) is 15.1. The summed E-state index contributed by atoms with van der Waals surface area (Å²) in [4.78, 5) is 24.6. The largest absolute Gasteiger partial charge is 0.490 e. The topological polar surface area (TPSA) is 193 Å². The molecule has 1 saturated heterocycles. The van der Waals surface area contributed by atoms with Gasteiger partial charge in [-0.3, -0.25) is 9.59 Å². The van der Waals surface area contributed by atoms with Gasteiger partial charge in [-0.25, -0.2) is 0 Å². The van der Waals surface area contributed by atoms with Crippen LogP contribution in [0.25, 0.3) is 0 Å². The zero-order chi connectivity index (χ0) is 31.0. The number of carbonyl (C=O) groups is 2. The monoisotopic (exact) mass is 583 g/mol. The van der Waals surface area contributed by atoms with E-state index in [0.717, 1.165) is 5.56 Å². The summed E-state index contributed by atoms with van der Waals surface area (Å²) in [5.74, 6) is -0.778. The van der Waals surface area contributed by atoms with E-state index in [1.165, 1.54) is 6.07 Å². The molecule has 8 N–H and O–H groups in total. The first-order valence-electron chi connectivity index (χ1n) is 14.2. The van der Waals surface area contributed by atoms with Crippen molar-refractivity contribution in [3.63, 3.8) is 0 Å². The molecule has 5 unspecified atom stereocenters. The average molecular weight is 584 g/mol. The Hall–Kier alpha value is -2.48. The van der Waals surface area contributed by atoms with E-state index in [0.29, 0.717) is 32.5 Å². The van der Waals surface area contributed by atoms with Gasteiger partial charge in [0.05, 0.1) is 18.1 Å². The Morgan fingerprint density at radius 1 is 1.17 bits per heavy atom. The van der Waals surface area contributed by atoms with Crippen LogP contribution in [0.4, 0.5) is 0 Å². The number of aliphatic hydroxyl groups excluding tert-OH is 1. The summed E-state index contributed by atoms with van der Waals surface area (Å²) in [6.07, 6.45) is -1.91. The first-order valence-corrected chi connectivity index (χ1v) is 14.2. The summed E-state index contributed by atoms with van der Waals surface area (Å²) >= 11 is 0. The number of amides is 2. The number of hydrogen-bond donors (Lipinski definition) is 7. The van der Waals surface area contributed by atoms with Gasteiger partial charge in [-0.1, -0.05) is 19.9 Å². The Kier molecular flexibility index (Phi) is 12.8. The van der Waals surface area contributed by atoms with Crippen LogP contribution in [0.15, 0.2) is 18.2 Å². The van der Waals surface area contributed by atoms with Crippen LogP contribution in [0.3, 0.4) is 0 Å². The molecule has 0 saturated carbocycles. The summed E-state index contributed by atoms with van der Waals surface area (Å²) in [6.45, 7) is 10.2. The molecule has 5 atom stereocenters. The lowest BCUT2D eigenvalue weighted by atomic mass is 9.85. The van der Waals surface area contributed by atoms with Crippen LogP contribution in [0, 0.1) is 23.2 Å². The third-order valence-electron chi connectivity index (χ3n) is 7.72. The van der Waals surface area contributed by atoms with Gasteiger partial charge in [0, 0.05) is 44.7 Å². The van der Waals surface area contributed by atoms with Crippen molar-refractivity contribution in [3.05, 3.63) is 23.8 Å². The fourth-order valence-electron chi connectivity index (χ4n) is 4.95. The molecule has 234 valence electrons. The van der Waals surface area contributed by atoms with E-state index in [4.69, 9.17) is 19.9 Å². The molecule has 1 aliphatic heterocycles. The van der Waals surface area contributed by atoms with E-state index in [9.17, 15) is 30.0 Å². The Morgan fingerprint density at radius 3 is 2.44 bits per heavy atom. The average Bonchev–Trinajstić information content (AvgIpc) is 3.23. The molecule has 0 aliphatic carbocycles. The Labute approximate surface area is 242 Å². The quantitative estimate of drug-likeness (QED) is 0.101. The molecule has 0 bridgehead atoms. The van der Waals surface area contributed by atoms with Crippen LogP contribution < -0.4 is 25.8 Å². The number of hydrogen-bond acceptors (Lipinski definition) is 10. The summed E-state index contributed by atoms with van der Waals surface area (Å²) < 4.78 is 15.6. The van der Waals surface area contributed by atoms with Crippen LogP contribution in [0.1, 0.15) is 59.4 Å². The maximum Gasteiger partial charge on any atom is 0.453 e. The maximum absolute atomic E-state index is 13.0. The molecular weight excluding hydrogens is 534 g/mol. The van der Waals surface area contributed by atoms with Crippen molar-refractivity contribution in [1.82, 2.24) is 10.6 Å². The van der Waals surface area contributed by atoms with Crippen molar-refractivity contribution in [1.29, 1.82) is 0 Å². The van der Waals surface area contributed by atoms with Gasteiger partial charge < -0.3 is 51.0 Å². The molecule has 0 spiro atoms. The van der Waals surface area contributed by atoms with Gasteiger partial charge >= 0.3 is 6.16 Å². The number of nitrogens with one attached hydrogen (secondary N) is 2. The molecular formula is C29H49N3O9. The molecule has 1 fully saturated rings. The summed E-state index contributed by atoms with van der Waals surface area (Å²) in [5, 5.41) is 45.3. The minimum atomic E-state index is -3.35. The van der Waals surface area contributed by atoms with Crippen LogP contribution >= 0.6 is 0 Å². The highest BCUT2D eigenvalue weighted by atomic mass is 16.9. The van der Waals surface area contributed by atoms with Crippen LogP contribution in [0.2, 0.25) is 0 Å². The van der Waals surface area contributed by atoms with E-state index in [1.54, 1.807) is 33.1 Å². The molecule has 0 aromatic heterocycles. The number of primary amides is 1. The van der Waals surface area contributed by atoms with E-state index in [-0.39, 0.29) is 54.3 Å². The zero-order valence-electron chi connectivity index (χ0n) is 25.1. The van der Waals surface area contributed by atoms with E-state index < -0.39 is 29.5 Å². The number of methoxy groups -OCH3 is 1. The van der Waals surface area contributed by atoms with Crippen LogP contribution in [0.5, 0.6) is 11.5 Å². The Balaban J connectivity index is 2.05. The number of rotatable bonds is 17. The molecule has 2 amide bonds. The molecule has 12 nitrogen and oxygen atoms in total. The highest BCUT2D eigenvalue weighted by Crippen LogP contribution is 2.34. The smallest absolute Gasteiger partial charge is 0.453 e.